The summed E-state index contributed by atoms with van der Waals surface area (Å²) < 4.78 is 20.6. The van der Waals surface area contributed by atoms with Gasteiger partial charge in [-0.3, -0.25) is 0 Å². The van der Waals surface area contributed by atoms with Crippen LogP contribution in [0.1, 0.15) is 11.4 Å². The van der Waals surface area contributed by atoms with Crippen LogP contribution < -0.4 is 14.2 Å². The number of aliphatic hydroxyl groups is 1. The first-order valence-corrected chi connectivity index (χ1v) is 5.52. The normalized spacial score (nSPS) is 10.3. The molecule has 1 N–H and O–H groups in total. The SMILES string of the molecule is COc1cc(CO)cc(OC)c1OCc1ncon1. The average Bonchev–Trinajstić information content (AvgIpc) is 2.97. The summed E-state index contributed by atoms with van der Waals surface area (Å²) in [5.41, 5.74) is 0.667. The van der Waals surface area contributed by atoms with E-state index in [0.717, 1.165) is 0 Å². The van der Waals surface area contributed by atoms with Gasteiger partial charge in [-0.1, -0.05) is 5.16 Å². The lowest BCUT2D eigenvalue weighted by molar-refractivity contribution is 0.250. The third kappa shape index (κ3) is 2.94. The van der Waals surface area contributed by atoms with Crippen LogP contribution in [0.5, 0.6) is 17.2 Å². The Morgan fingerprint density at radius 3 is 2.37 bits per heavy atom. The van der Waals surface area contributed by atoms with Crippen LogP contribution in [0.2, 0.25) is 0 Å². The third-order valence-electron chi connectivity index (χ3n) is 2.46. The minimum absolute atomic E-state index is 0.113. The smallest absolute Gasteiger partial charge is 0.213 e. The van der Waals surface area contributed by atoms with Crippen molar-refractivity contribution in [3.63, 3.8) is 0 Å². The van der Waals surface area contributed by atoms with Gasteiger partial charge in [0.1, 0.15) is 0 Å². The Bertz CT molecular complexity index is 502. The molecule has 0 unspecified atom stereocenters. The van der Waals surface area contributed by atoms with E-state index in [1.54, 1.807) is 12.1 Å². The molecule has 1 aromatic carbocycles. The molecule has 7 heteroatoms. The highest BCUT2D eigenvalue weighted by Crippen LogP contribution is 2.38. The van der Waals surface area contributed by atoms with Crippen molar-refractivity contribution >= 4 is 0 Å². The lowest BCUT2D eigenvalue weighted by Gasteiger charge is -2.14. The minimum atomic E-state index is -0.113. The maximum Gasteiger partial charge on any atom is 0.213 e. The fourth-order valence-corrected chi connectivity index (χ4v) is 1.56. The molecule has 0 saturated heterocycles. The van der Waals surface area contributed by atoms with Crippen molar-refractivity contribution in [2.24, 2.45) is 0 Å². The number of hydrogen-bond donors (Lipinski definition) is 1. The zero-order valence-corrected chi connectivity index (χ0v) is 10.6. The second-order valence-electron chi connectivity index (χ2n) is 3.62. The van der Waals surface area contributed by atoms with Gasteiger partial charge in [0.2, 0.25) is 18.0 Å². The molecule has 2 aromatic rings. The monoisotopic (exact) mass is 266 g/mol. The van der Waals surface area contributed by atoms with Crippen LogP contribution in [0, 0.1) is 0 Å². The zero-order chi connectivity index (χ0) is 13.7. The maximum atomic E-state index is 9.16. The Balaban J connectivity index is 2.26. The molecular weight excluding hydrogens is 252 g/mol. The molecular formula is C12H14N2O5. The first-order chi connectivity index (χ1) is 9.28. The summed E-state index contributed by atoms with van der Waals surface area (Å²) in [7, 11) is 3.02. The molecule has 0 aliphatic heterocycles. The van der Waals surface area contributed by atoms with Crippen LogP contribution in [-0.2, 0) is 13.2 Å². The fourth-order valence-electron chi connectivity index (χ4n) is 1.56. The second-order valence-corrected chi connectivity index (χ2v) is 3.62. The first-order valence-electron chi connectivity index (χ1n) is 5.52. The summed E-state index contributed by atoms with van der Waals surface area (Å²) in [4.78, 5) is 3.85. The van der Waals surface area contributed by atoms with Crippen molar-refractivity contribution in [3.8, 4) is 17.2 Å². The van der Waals surface area contributed by atoms with Crippen molar-refractivity contribution in [1.29, 1.82) is 0 Å². The number of rotatable bonds is 6. The molecule has 102 valence electrons. The highest BCUT2D eigenvalue weighted by Gasteiger charge is 2.15. The molecule has 0 aliphatic rings. The van der Waals surface area contributed by atoms with E-state index in [1.807, 2.05) is 0 Å². The standard InChI is InChI=1S/C12H14N2O5/c1-16-9-3-8(5-15)4-10(17-2)12(9)18-6-11-13-7-19-14-11/h3-4,7,15H,5-6H2,1-2H3. The molecule has 0 bridgehead atoms. The number of methoxy groups -OCH3 is 2. The summed E-state index contributed by atoms with van der Waals surface area (Å²) >= 11 is 0. The van der Waals surface area contributed by atoms with Crippen molar-refractivity contribution in [2.75, 3.05) is 14.2 Å². The number of aliphatic hydroxyl groups excluding tert-OH is 1. The van der Waals surface area contributed by atoms with Crippen molar-refractivity contribution < 1.29 is 23.8 Å². The number of aromatic nitrogens is 2. The Morgan fingerprint density at radius 2 is 1.89 bits per heavy atom. The van der Waals surface area contributed by atoms with Crippen molar-refractivity contribution in [2.45, 2.75) is 13.2 Å². The second kappa shape index (κ2) is 6.05. The average molecular weight is 266 g/mol. The largest absolute Gasteiger partial charge is 0.493 e. The van der Waals surface area contributed by atoms with E-state index in [1.165, 1.54) is 20.6 Å². The van der Waals surface area contributed by atoms with E-state index in [2.05, 4.69) is 14.7 Å². The molecule has 2 rings (SSSR count). The van der Waals surface area contributed by atoms with Gasteiger partial charge in [0.25, 0.3) is 0 Å². The van der Waals surface area contributed by atoms with Gasteiger partial charge in [-0.25, -0.2) is 0 Å². The van der Waals surface area contributed by atoms with E-state index in [0.29, 0.717) is 28.6 Å². The van der Waals surface area contributed by atoms with Crippen LogP contribution in [0.15, 0.2) is 23.0 Å². The van der Waals surface area contributed by atoms with Gasteiger partial charge in [0.15, 0.2) is 18.1 Å². The van der Waals surface area contributed by atoms with Gasteiger partial charge in [0.05, 0.1) is 20.8 Å². The van der Waals surface area contributed by atoms with Gasteiger partial charge in [-0.05, 0) is 17.7 Å². The van der Waals surface area contributed by atoms with Gasteiger partial charge in [-0.15, -0.1) is 0 Å². The van der Waals surface area contributed by atoms with Gasteiger partial charge in [0, 0.05) is 0 Å². The predicted octanol–water partition coefficient (Wildman–Crippen LogP) is 1.16. The fraction of sp³-hybridized carbons (Fsp3) is 0.333. The van der Waals surface area contributed by atoms with Crippen molar-refractivity contribution in [1.82, 2.24) is 10.1 Å². The van der Waals surface area contributed by atoms with Crippen LogP contribution in [-0.4, -0.2) is 29.5 Å². The summed E-state index contributed by atoms with van der Waals surface area (Å²) in [5, 5.41) is 12.8. The number of hydrogen-bond acceptors (Lipinski definition) is 7. The molecule has 0 saturated carbocycles. The molecule has 19 heavy (non-hydrogen) atoms. The summed E-state index contributed by atoms with van der Waals surface area (Å²) in [6.45, 7) is 0.0134. The first kappa shape index (κ1) is 13.2. The van der Waals surface area contributed by atoms with Crippen LogP contribution in [0.4, 0.5) is 0 Å². The summed E-state index contributed by atoms with van der Waals surface area (Å²) in [5.74, 6) is 1.76. The van der Waals surface area contributed by atoms with Crippen LogP contribution >= 0.6 is 0 Å². The van der Waals surface area contributed by atoms with Gasteiger partial charge >= 0.3 is 0 Å². The van der Waals surface area contributed by atoms with E-state index < -0.39 is 0 Å². The molecule has 0 aliphatic carbocycles. The van der Waals surface area contributed by atoms with E-state index in [9.17, 15) is 0 Å². The van der Waals surface area contributed by atoms with E-state index in [-0.39, 0.29) is 13.2 Å². The highest BCUT2D eigenvalue weighted by molar-refractivity contribution is 5.53. The number of nitrogens with zero attached hydrogens (tertiary/aromatic N) is 2. The lowest BCUT2D eigenvalue weighted by Crippen LogP contribution is -2.02. The Hall–Kier alpha value is -2.28. The third-order valence-corrected chi connectivity index (χ3v) is 2.46. The van der Waals surface area contributed by atoms with Gasteiger partial charge < -0.3 is 23.8 Å². The van der Waals surface area contributed by atoms with Gasteiger partial charge in [-0.2, -0.15) is 4.98 Å². The topological polar surface area (TPSA) is 86.8 Å². The maximum absolute atomic E-state index is 9.16. The van der Waals surface area contributed by atoms with Crippen LogP contribution in [0.3, 0.4) is 0 Å². The molecule has 1 aromatic heterocycles. The number of ether oxygens (including phenoxy) is 3. The quantitative estimate of drug-likeness (QED) is 0.839. The van der Waals surface area contributed by atoms with Crippen LogP contribution in [0.25, 0.3) is 0 Å². The number of benzene rings is 1. The molecule has 0 amide bonds. The molecule has 7 nitrogen and oxygen atoms in total. The molecule has 0 radical (unpaired) electrons. The van der Waals surface area contributed by atoms with E-state index >= 15 is 0 Å². The Morgan fingerprint density at radius 1 is 1.21 bits per heavy atom. The molecule has 1 heterocycles. The van der Waals surface area contributed by atoms with Crippen molar-refractivity contribution in [3.05, 3.63) is 29.9 Å². The highest BCUT2D eigenvalue weighted by atomic mass is 16.5. The molecule has 0 spiro atoms. The Kier molecular flexibility index (Phi) is 4.19. The van der Waals surface area contributed by atoms with E-state index in [4.69, 9.17) is 19.3 Å². The Labute approximate surface area is 109 Å². The molecule has 0 atom stereocenters. The zero-order valence-electron chi connectivity index (χ0n) is 10.6. The predicted molar refractivity (Wildman–Crippen MR) is 64.1 cm³/mol. The summed E-state index contributed by atoms with van der Waals surface area (Å²) in [6, 6.07) is 3.35. The lowest BCUT2D eigenvalue weighted by atomic mass is 10.2. The summed E-state index contributed by atoms with van der Waals surface area (Å²) in [6.07, 6.45) is 1.22. The molecule has 0 fully saturated rings. The minimum Gasteiger partial charge on any atom is -0.493 e.